The molecule has 2 N–H and O–H groups in total. The lowest BCUT2D eigenvalue weighted by Crippen LogP contribution is -2.51. The van der Waals surface area contributed by atoms with Crippen molar-refractivity contribution in [2.24, 2.45) is 11.1 Å². The summed E-state index contributed by atoms with van der Waals surface area (Å²) in [6.45, 7) is 1.83. The number of imide groups is 1. The standard InChI is InChI=1S/C13H20N2O2S/c1-9(6-10(14)18)15-11(16)7-13(8-12(15)17)4-2-3-5-13/h9H,2-8H2,1H3,(H2,14,18). The average Bonchev–Trinajstić information content (AvgIpc) is 2.63. The highest BCUT2D eigenvalue weighted by atomic mass is 32.1. The van der Waals surface area contributed by atoms with Gasteiger partial charge in [0.25, 0.3) is 0 Å². The molecule has 1 heterocycles. The van der Waals surface area contributed by atoms with Crippen LogP contribution in [0.4, 0.5) is 0 Å². The number of nitrogens with two attached hydrogens (primary N) is 1. The highest BCUT2D eigenvalue weighted by Crippen LogP contribution is 2.47. The van der Waals surface area contributed by atoms with E-state index in [0.717, 1.165) is 25.7 Å². The number of carbonyl (C=O) groups excluding carboxylic acids is 2. The van der Waals surface area contributed by atoms with Gasteiger partial charge >= 0.3 is 0 Å². The Morgan fingerprint density at radius 3 is 2.28 bits per heavy atom. The van der Waals surface area contributed by atoms with Crippen LogP contribution in [0.25, 0.3) is 0 Å². The quantitative estimate of drug-likeness (QED) is 0.626. The molecule has 1 unspecified atom stereocenters. The fourth-order valence-corrected chi connectivity index (χ4v) is 3.61. The molecule has 4 nitrogen and oxygen atoms in total. The Morgan fingerprint density at radius 1 is 1.33 bits per heavy atom. The van der Waals surface area contributed by atoms with Crippen LogP contribution in [-0.4, -0.2) is 27.7 Å². The van der Waals surface area contributed by atoms with Gasteiger partial charge in [0.05, 0.1) is 4.99 Å². The first-order chi connectivity index (χ1) is 8.43. The zero-order valence-corrected chi connectivity index (χ0v) is 11.6. The van der Waals surface area contributed by atoms with Crippen molar-refractivity contribution < 1.29 is 9.59 Å². The van der Waals surface area contributed by atoms with Crippen LogP contribution in [0.5, 0.6) is 0 Å². The third kappa shape index (κ3) is 2.55. The number of carbonyl (C=O) groups is 2. The lowest BCUT2D eigenvalue weighted by molar-refractivity contribution is -0.155. The molecule has 0 aromatic rings. The smallest absolute Gasteiger partial charge is 0.230 e. The molecule has 2 rings (SSSR count). The first kappa shape index (κ1) is 13.5. The zero-order chi connectivity index (χ0) is 13.3. The number of hydrogen-bond donors (Lipinski definition) is 1. The van der Waals surface area contributed by atoms with Gasteiger partial charge in [-0.25, -0.2) is 0 Å². The van der Waals surface area contributed by atoms with Gasteiger partial charge in [-0.15, -0.1) is 0 Å². The topological polar surface area (TPSA) is 63.4 Å². The first-order valence-corrected chi connectivity index (χ1v) is 6.98. The molecule has 2 aliphatic rings. The predicted octanol–water partition coefficient (Wildman–Crippen LogP) is 1.76. The van der Waals surface area contributed by atoms with Gasteiger partial charge in [-0.05, 0) is 25.2 Å². The Kier molecular flexibility index (Phi) is 3.71. The van der Waals surface area contributed by atoms with E-state index in [4.69, 9.17) is 18.0 Å². The van der Waals surface area contributed by atoms with Crippen LogP contribution in [0.2, 0.25) is 0 Å². The van der Waals surface area contributed by atoms with Crippen molar-refractivity contribution in [1.82, 2.24) is 4.90 Å². The number of piperidine rings is 1. The van der Waals surface area contributed by atoms with Gasteiger partial charge < -0.3 is 5.73 Å². The second kappa shape index (κ2) is 4.96. The summed E-state index contributed by atoms with van der Waals surface area (Å²) in [4.78, 5) is 26.1. The molecule has 1 spiro atoms. The van der Waals surface area contributed by atoms with Crippen molar-refractivity contribution >= 4 is 29.0 Å². The van der Waals surface area contributed by atoms with E-state index in [1.807, 2.05) is 6.92 Å². The van der Waals surface area contributed by atoms with Crippen LogP contribution in [0.15, 0.2) is 0 Å². The minimum Gasteiger partial charge on any atom is -0.393 e. The molecule has 1 saturated heterocycles. The molecule has 0 bridgehead atoms. The molecule has 1 aliphatic heterocycles. The van der Waals surface area contributed by atoms with Crippen molar-refractivity contribution in [2.45, 2.75) is 57.9 Å². The van der Waals surface area contributed by atoms with Gasteiger partial charge in [0.2, 0.25) is 11.8 Å². The molecule has 0 radical (unpaired) electrons. The maximum absolute atomic E-state index is 12.2. The number of nitrogens with zero attached hydrogens (tertiary/aromatic N) is 1. The summed E-state index contributed by atoms with van der Waals surface area (Å²) in [5.41, 5.74) is 5.45. The molecule has 2 amide bonds. The summed E-state index contributed by atoms with van der Waals surface area (Å²) in [7, 11) is 0. The van der Waals surface area contributed by atoms with E-state index in [0.29, 0.717) is 24.3 Å². The van der Waals surface area contributed by atoms with Crippen molar-refractivity contribution in [3.8, 4) is 0 Å². The van der Waals surface area contributed by atoms with E-state index in [1.54, 1.807) is 0 Å². The highest BCUT2D eigenvalue weighted by molar-refractivity contribution is 7.80. The van der Waals surface area contributed by atoms with Gasteiger partial charge in [-0.1, -0.05) is 25.1 Å². The molecule has 5 heteroatoms. The maximum Gasteiger partial charge on any atom is 0.230 e. The zero-order valence-electron chi connectivity index (χ0n) is 10.8. The molecule has 1 saturated carbocycles. The van der Waals surface area contributed by atoms with E-state index in [1.165, 1.54) is 4.90 Å². The fourth-order valence-electron chi connectivity index (χ4n) is 3.37. The summed E-state index contributed by atoms with van der Waals surface area (Å²) in [6, 6.07) is -0.207. The monoisotopic (exact) mass is 268 g/mol. The second-order valence-electron chi connectivity index (χ2n) is 5.74. The van der Waals surface area contributed by atoms with Crippen LogP contribution in [0.1, 0.15) is 51.9 Å². The average molecular weight is 268 g/mol. The van der Waals surface area contributed by atoms with Crippen LogP contribution in [-0.2, 0) is 9.59 Å². The second-order valence-corrected chi connectivity index (χ2v) is 6.26. The number of hydrogen-bond acceptors (Lipinski definition) is 3. The van der Waals surface area contributed by atoms with Gasteiger partial charge in [-0.3, -0.25) is 14.5 Å². The van der Waals surface area contributed by atoms with E-state index in [-0.39, 0.29) is 23.3 Å². The molecular formula is C13H20N2O2S. The summed E-state index contributed by atoms with van der Waals surface area (Å²) < 4.78 is 0. The third-order valence-corrected chi connectivity index (χ3v) is 4.36. The van der Waals surface area contributed by atoms with Gasteiger partial charge in [0.15, 0.2) is 0 Å². The van der Waals surface area contributed by atoms with Gasteiger partial charge in [0.1, 0.15) is 0 Å². The normalized spacial score (nSPS) is 24.6. The van der Waals surface area contributed by atoms with E-state index in [9.17, 15) is 9.59 Å². The lowest BCUT2D eigenvalue weighted by Gasteiger charge is -2.39. The molecule has 1 atom stereocenters. The van der Waals surface area contributed by atoms with Crippen molar-refractivity contribution in [3.63, 3.8) is 0 Å². The van der Waals surface area contributed by atoms with Gasteiger partial charge in [0, 0.05) is 25.3 Å². The lowest BCUT2D eigenvalue weighted by atomic mass is 9.76. The predicted molar refractivity (Wildman–Crippen MR) is 72.9 cm³/mol. The molecule has 0 aromatic heterocycles. The van der Waals surface area contributed by atoms with E-state index < -0.39 is 0 Å². The highest BCUT2D eigenvalue weighted by Gasteiger charge is 2.46. The van der Waals surface area contributed by atoms with E-state index >= 15 is 0 Å². The van der Waals surface area contributed by atoms with Crippen LogP contribution in [0, 0.1) is 5.41 Å². The number of thiocarbonyl (C=S) groups is 1. The minimum absolute atomic E-state index is 0.0341. The minimum atomic E-state index is -0.207. The number of rotatable bonds is 3. The van der Waals surface area contributed by atoms with Crippen molar-refractivity contribution in [1.29, 1.82) is 0 Å². The molecule has 2 fully saturated rings. The Balaban J connectivity index is 2.09. The van der Waals surface area contributed by atoms with Gasteiger partial charge in [-0.2, -0.15) is 0 Å². The summed E-state index contributed by atoms with van der Waals surface area (Å²) >= 11 is 4.85. The Labute approximate surface area is 113 Å². The van der Waals surface area contributed by atoms with Crippen molar-refractivity contribution in [2.75, 3.05) is 0 Å². The van der Waals surface area contributed by atoms with Crippen molar-refractivity contribution in [3.05, 3.63) is 0 Å². The molecular weight excluding hydrogens is 248 g/mol. The fraction of sp³-hybridized carbons (Fsp3) is 0.769. The van der Waals surface area contributed by atoms with Crippen LogP contribution >= 0.6 is 12.2 Å². The molecule has 0 aromatic carbocycles. The first-order valence-electron chi connectivity index (χ1n) is 6.57. The van der Waals surface area contributed by atoms with Crippen LogP contribution in [0.3, 0.4) is 0 Å². The number of amides is 2. The Hall–Kier alpha value is -0.970. The molecule has 18 heavy (non-hydrogen) atoms. The Bertz CT molecular complexity index is 368. The molecule has 100 valence electrons. The SMILES string of the molecule is CC(CC(N)=S)N1C(=O)CC2(CCCC2)CC1=O. The Morgan fingerprint density at radius 2 is 1.83 bits per heavy atom. The maximum atomic E-state index is 12.2. The largest absolute Gasteiger partial charge is 0.393 e. The number of likely N-dealkylation sites (tertiary alicyclic amines) is 1. The molecule has 1 aliphatic carbocycles. The summed E-state index contributed by atoms with van der Waals surface area (Å²) in [5, 5.41) is 0. The van der Waals surface area contributed by atoms with Crippen LogP contribution < -0.4 is 5.73 Å². The van der Waals surface area contributed by atoms with E-state index in [2.05, 4.69) is 0 Å². The third-order valence-electron chi connectivity index (χ3n) is 4.19. The summed E-state index contributed by atoms with van der Waals surface area (Å²) in [5.74, 6) is -0.0891. The summed E-state index contributed by atoms with van der Waals surface area (Å²) in [6.07, 6.45) is 5.76.